The number of nitrogens with zero attached hydrogens (tertiary/aromatic N) is 5. The topological polar surface area (TPSA) is 87.1 Å². The summed E-state index contributed by atoms with van der Waals surface area (Å²) in [5.41, 5.74) is 13.9. The van der Waals surface area contributed by atoms with Gasteiger partial charge in [-0.2, -0.15) is 0 Å². The molecule has 0 radical (unpaired) electrons. The number of hydrazine groups is 1. The van der Waals surface area contributed by atoms with Crippen molar-refractivity contribution in [3.8, 4) is 11.3 Å². The molecule has 1 unspecified atom stereocenters. The van der Waals surface area contributed by atoms with E-state index in [-0.39, 0.29) is 17.5 Å². The Kier molecular flexibility index (Phi) is 15.0. The second-order valence-electron chi connectivity index (χ2n) is 14.7. The lowest BCUT2D eigenvalue weighted by molar-refractivity contribution is -0.143. The Balaban J connectivity index is 0.000000845. The van der Waals surface area contributed by atoms with E-state index in [4.69, 9.17) is 14.5 Å². The molecule has 2 aromatic heterocycles. The molecule has 0 amide bonds. The average Bonchev–Trinajstić information content (AvgIpc) is 3.43. The molecule has 1 atom stereocenters. The van der Waals surface area contributed by atoms with Gasteiger partial charge in [-0.05, 0) is 82.3 Å². The molecule has 2 fully saturated rings. The number of methoxy groups -OCH3 is 1. The van der Waals surface area contributed by atoms with E-state index in [2.05, 4.69) is 103 Å². The van der Waals surface area contributed by atoms with Gasteiger partial charge in [0.1, 0.15) is 0 Å². The molecule has 4 heterocycles. The monoisotopic (exact) mass is 692 g/mol. The van der Waals surface area contributed by atoms with Crippen LogP contribution >= 0.6 is 0 Å². The molecule has 10 nitrogen and oxygen atoms in total. The number of carbonyl (C=O) groups is 1. The molecular formula is C40H65N7O3. The van der Waals surface area contributed by atoms with Crippen molar-refractivity contribution in [2.24, 2.45) is 5.41 Å². The highest BCUT2D eigenvalue weighted by molar-refractivity contribution is 5.95. The number of aryl methyl sites for hydroxylation is 1. The molecule has 0 spiro atoms. The fourth-order valence-corrected chi connectivity index (χ4v) is 7.17. The van der Waals surface area contributed by atoms with E-state index in [1.165, 1.54) is 54.0 Å². The Bertz CT molecular complexity index is 1500. The zero-order chi connectivity index (χ0) is 36.3. The smallest absolute Gasteiger partial charge is 0.302 e. The standard InChI is InChI=1S/C36H55N5O3.C4H10N2/c1-10-15-38(8)28-13-14-33-30(21-28)32(23-36(6,7)25-44-27(5)42)35(41(33)12-3)31-22-29(24-37-34(31)26(4)43-9)40-19-17-39(16-11-2)18-20-40;1-2-4-6-5-3-1/h13-14,21-22,24,26H,10-12,15-20,23,25H2,1-9H3;5-6H,1-4H2. The highest BCUT2D eigenvalue weighted by atomic mass is 16.5. The van der Waals surface area contributed by atoms with E-state index in [9.17, 15) is 4.79 Å². The van der Waals surface area contributed by atoms with Crippen molar-refractivity contribution in [2.45, 2.75) is 93.2 Å². The lowest BCUT2D eigenvalue weighted by Crippen LogP contribution is -2.46. The van der Waals surface area contributed by atoms with Crippen LogP contribution in [0.25, 0.3) is 22.2 Å². The number of carbonyl (C=O) groups excluding carboxylic acids is 1. The summed E-state index contributed by atoms with van der Waals surface area (Å²) in [5.74, 6) is -0.245. The average molecular weight is 692 g/mol. The summed E-state index contributed by atoms with van der Waals surface area (Å²) in [7, 11) is 3.92. The van der Waals surface area contributed by atoms with Crippen LogP contribution in [0.2, 0.25) is 0 Å². The molecule has 2 aliphatic rings. The molecule has 2 aliphatic heterocycles. The van der Waals surface area contributed by atoms with Crippen LogP contribution < -0.4 is 20.7 Å². The Morgan fingerprint density at radius 2 is 1.74 bits per heavy atom. The van der Waals surface area contributed by atoms with Crippen LogP contribution in [0.15, 0.2) is 30.5 Å². The third kappa shape index (κ3) is 10.2. The second kappa shape index (κ2) is 18.9. The molecule has 278 valence electrons. The number of fused-ring (bicyclic) bond motifs is 1. The van der Waals surface area contributed by atoms with Gasteiger partial charge < -0.3 is 23.8 Å². The van der Waals surface area contributed by atoms with Crippen LogP contribution in [-0.4, -0.2) is 93.5 Å². The van der Waals surface area contributed by atoms with E-state index in [1.807, 2.05) is 6.20 Å². The third-order valence-corrected chi connectivity index (χ3v) is 9.94. The van der Waals surface area contributed by atoms with Gasteiger partial charge in [0.2, 0.25) is 0 Å². The maximum atomic E-state index is 11.8. The molecule has 50 heavy (non-hydrogen) atoms. The van der Waals surface area contributed by atoms with Gasteiger partial charge in [-0.3, -0.25) is 25.5 Å². The van der Waals surface area contributed by atoms with Crippen LogP contribution in [0.4, 0.5) is 11.4 Å². The first-order valence-corrected chi connectivity index (χ1v) is 19.0. The highest BCUT2D eigenvalue weighted by Gasteiger charge is 2.30. The summed E-state index contributed by atoms with van der Waals surface area (Å²) >= 11 is 0. The van der Waals surface area contributed by atoms with Gasteiger partial charge in [0, 0.05) is 101 Å². The van der Waals surface area contributed by atoms with Gasteiger partial charge in [-0.1, -0.05) is 27.7 Å². The summed E-state index contributed by atoms with van der Waals surface area (Å²) in [6.07, 6.45) is 7.54. The van der Waals surface area contributed by atoms with Crippen molar-refractivity contribution in [1.29, 1.82) is 0 Å². The van der Waals surface area contributed by atoms with E-state index >= 15 is 0 Å². The van der Waals surface area contributed by atoms with Crippen LogP contribution in [0.5, 0.6) is 0 Å². The summed E-state index contributed by atoms with van der Waals surface area (Å²) in [6, 6.07) is 9.21. The molecule has 5 rings (SSSR count). The van der Waals surface area contributed by atoms with Crippen molar-refractivity contribution >= 4 is 28.2 Å². The van der Waals surface area contributed by atoms with Crippen LogP contribution in [-0.2, 0) is 27.2 Å². The summed E-state index contributed by atoms with van der Waals surface area (Å²) in [5, 5.41) is 1.24. The maximum Gasteiger partial charge on any atom is 0.302 e. The normalized spacial score (nSPS) is 16.2. The van der Waals surface area contributed by atoms with Crippen LogP contribution in [0.1, 0.15) is 91.5 Å². The first-order chi connectivity index (χ1) is 24.0. The molecule has 3 aromatic rings. The number of piperazine rings is 1. The van der Waals surface area contributed by atoms with Gasteiger partial charge in [-0.15, -0.1) is 0 Å². The number of benzene rings is 1. The van der Waals surface area contributed by atoms with Gasteiger partial charge in [-0.25, -0.2) is 0 Å². The quantitative estimate of drug-likeness (QED) is 0.177. The van der Waals surface area contributed by atoms with Gasteiger partial charge in [0.25, 0.3) is 0 Å². The summed E-state index contributed by atoms with van der Waals surface area (Å²) < 4.78 is 13.9. The van der Waals surface area contributed by atoms with Crippen molar-refractivity contribution in [3.63, 3.8) is 0 Å². The highest BCUT2D eigenvalue weighted by Crippen LogP contribution is 2.42. The van der Waals surface area contributed by atoms with Gasteiger partial charge in [0.15, 0.2) is 0 Å². The fourth-order valence-electron chi connectivity index (χ4n) is 7.17. The van der Waals surface area contributed by atoms with E-state index < -0.39 is 0 Å². The molecule has 2 N–H and O–H groups in total. The molecule has 0 bridgehead atoms. The molecule has 0 aliphatic carbocycles. The minimum absolute atomic E-state index is 0.170. The minimum Gasteiger partial charge on any atom is -0.465 e. The Morgan fingerprint density at radius 3 is 2.30 bits per heavy atom. The van der Waals surface area contributed by atoms with Crippen LogP contribution in [0.3, 0.4) is 0 Å². The largest absolute Gasteiger partial charge is 0.465 e. The number of anilines is 2. The maximum absolute atomic E-state index is 11.8. The molecule has 0 saturated carbocycles. The number of aromatic nitrogens is 2. The molecule has 2 saturated heterocycles. The molecule has 10 heteroatoms. The summed E-state index contributed by atoms with van der Waals surface area (Å²) in [4.78, 5) is 24.3. The zero-order valence-electron chi connectivity index (χ0n) is 32.5. The lowest BCUT2D eigenvalue weighted by Gasteiger charge is -2.36. The molecular weight excluding hydrogens is 626 g/mol. The van der Waals surface area contributed by atoms with Gasteiger partial charge >= 0.3 is 5.97 Å². The first-order valence-electron chi connectivity index (χ1n) is 19.0. The number of hydrogen-bond acceptors (Lipinski definition) is 9. The van der Waals surface area contributed by atoms with Crippen LogP contribution in [0, 0.1) is 5.41 Å². The number of esters is 1. The Morgan fingerprint density at radius 1 is 1.04 bits per heavy atom. The number of ether oxygens (including phenoxy) is 2. The minimum atomic E-state index is -0.272. The third-order valence-electron chi connectivity index (χ3n) is 9.94. The van der Waals surface area contributed by atoms with E-state index in [1.54, 1.807) is 7.11 Å². The van der Waals surface area contributed by atoms with E-state index in [0.717, 1.165) is 88.7 Å². The SMILES string of the molecule is C1CCNNC1.CCCN1CCN(c2cnc(C(C)OC)c(-c3c(CC(C)(C)COC(C)=O)c4cc(N(C)CCC)ccc4n3CC)c2)CC1. The number of rotatable bonds is 14. The van der Waals surface area contributed by atoms with Crippen molar-refractivity contribution < 1.29 is 14.3 Å². The number of hydrogen-bond donors (Lipinski definition) is 2. The fraction of sp³-hybridized carbons (Fsp3) is 0.650. The molecule has 1 aromatic carbocycles. The van der Waals surface area contributed by atoms with Gasteiger partial charge in [0.05, 0.1) is 36.0 Å². The Hall–Kier alpha value is -3.18. The lowest BCUT2D eigenvalue weighted by atomic mass is 9.84. The van der Waals surface area contributed by atoms with Crippen molar-refractivity contribution in [3.05, 3.63) is 41.7 Å². The van der Waals surface area contributed by atoms with Crippen molar-refractivity contribution in [2.75, 3.05) is 82.9 Å². The predicted octanol–water partition coefficient (Wildman–Crippen LogP) is 6.82. The second-order valence-corrected chi connectivity index (χ2v) is 14.7. The first kappa shape index (κ1) is 39.6. The van der Waals surface area contributed by atoms with E-state index in [0.29, 0.717) is 6.61 Å². The Labute approximate surface area is 301 Å². The zero-order valence-corrected chi connectivity index (χ0v) is 32.5. The van der Waals surface area contributed by atoms with Crippen molar-refractivity contribution in [1.82, 2.24) is 25.3 Å². The number of nitrogens with one attached hydrogen (secondary N) is 2. The predicted molar refractivity (Wildman–Crippen MR) is 208 cm³/mol. The summed E-state index contributed by atoms with van der Waals surface area (Å²) in [6.45, 7) is 24.3. The number of pyridine rings is 1.